The molecular weight excluding hydrogens is 325 g/mol. The molecule has 1 heterocycles. The predicted molar refractivity (Wildman–Crippen MR) is 89.2 cm³/mol. The number of esters is 1. The summed E-state index contributed by atoms with van der Waals surface area (Å²) in [6.45, 7) is 4.99. The highest BCUT2D eigenvalue weighted by molar-refractivity contribution is 6.34. The maximum absolute atomic E-state index is 14.1. The Kier molecular flexibility index (Phi) is 3.91. The lowest BCUT2D eigenvalue weighted by atomic mass is 10.1. The number of ether oxygens (including phenoxy) is 1. The van der Waals surface area contributed by atoms with E-state index in [0.29, 0.717) is 0 Å². The zero-order chi connectivity index (χ0) is 18.4. The van der Waals surface area contributed by atoms with E-state index < -0.39 is 29.2 Å². The average molecular weight is 341 g/mol. The molecule has 1 aliphatic heterocycles. The van der Waals surface area contributed by atoms with E-state index in [4.69, 9.17) is 4.74 Å². The van der Waals surface area contributed by atoms with Crippen molar-refractivity contribution in [2.45, 2.75) is 26.4 Å². The van der Waals surface area contributed by atoms with E-state index in [2.05, 4.69) is 0 Å². The zero-order valence-corrected chi connectivity index (χ0v) is 14.0. The Labute approximate surface area is 144 Å². The molecule has 1 aliphatic rings. The van der Waals surface area contributed by atoms with Crippen molar-refractivity contribution in [3.63, 3.8) is 0 Å². The first-order chi connectivity index (χ1) is 11.7. The molecule has 0 radical (unpaired) electrons. The van der Waals surface area contributed by atoms with Gasteiger partial charge >= 0.3 is 5.97 Å². The van der Waals surface area contributed by atoms with E-state index in [9.17, 15) is 18.8 Å². The van der Waals surface area contributed by atoms with E-state index >= 15 is 0 Å². The Morgan fingerprint density at radius 1 is 1.00 bits per heavy atom. The first-order valence-electron chi connectivity index (χ1n) is 7.70. The topological polar surface area (TPSA) is 63.7 Å². The minimum absolute atomic E-state index is 0.119. The van der Waals surface area contributed by atoms with E-state index in [0.717, 1.165) is 17.0 Å². The Morgan fingerprint density at radius 3 is 2.08 bits per heavy atom. The van der Waals surface area contributed by atoms with E-state index in [-0.39, 0.29) is 22.4 Å². The van der Waals surface area contributed by atoms with Gasteiger partial charge in [0.2, 0.25) is 0 Å². The first kappa shape index (κ1) is 16.8. The molecular formula is C19H16FNO4. The molecule has 2 amide bonds. The summed E-state index contributed by atoms with van der Waals surface area (Å²) in [4.78, 5) is 38.1. The fourth-order valence-electron chi connectivity index (χ4n) is 2.57. The SMILES string of the molecule is CC(C)(C)OC(=O)c1cc(N2C(=O)c3ccccc3C2=O)ccc1F. The van der Waals surface area contributed by atoms with Crippen molar-refractivity contribution in [2.75, 3.05) is 4.90 Å². The summed E-state index contributed by atoms with van der Waals surface area (Å²) < 4.78 is 19.2. The highest BCUT2D eigenvalue weighted by atomic mass is 19.1. The summed E-state index contributed by atoms with van der Waals surface area (Å²) in [5, 5.41) is 0. The molecule has 0 aromatic heterocycles. The van der Waals surface area contributed by atoms with Gasteiger partial charge in [-0.1, -0.05) is 12.1 Å². The van der Waals surface area contributed by atoms with Crippen LogP contribution in [0.25, 0.3) is 0 Å². The van der Waals surface area contributed by atoms with Gasteiger partial charge in [-0.2, -0.15) is 0 Å². The van der Waals surface area contributed by atoms with Crippen LogP contribution in [0.5, 0.6) is 0 Å². The number of hydrogen-bond donors (Lipinski definition) is 0. The van der Waals surface area contributed by atoms with Crippen LogP contribution >= 0.6 is 0 Å². The molecule has 0 N–H and O–H groups in total. The summed E-state index contributed by atoms with van der Waals surface area (Å²) in [5.74, 6) is -2.66. The third-order valence-corrected chi connectivity index (χ3v) is 3.62. The third kappa shape index (κ3) is 3.03. The fraction of sp³-hybridized carbons (Fsp3) is 0.211. The number of fused-ring (bicyclic) bond motifs is 1. The van der Waals surface area contributed by atoms with Gasteiger partial charge in [-0.25, -0.2) is 14.1 Å². The van der Waals surface area contributed by atoms with Crippen molar-refractivity contribution in [2.24, 2.45) is 0 Å². The number of carbonyl (C=O) groups is 3. The average Bonchev–Trinajstić information content (AvgIpc) is 2.78. The van der Waals surface area contributed by atoms with Crippen LogP contribution in [0.2, 0.25) is 0 Å². The molecule has 3 rings (SSSR count). The summed E-state index contributed by atoms with van der Waals surface area (Å²) in [6, 6.07) is 9.89. The Bertz CT molecular complexity index is 864. The highest BCUT2D eigenvalue weighted by Gasteiger charge is 2.37. The molecule has 6 heteroatoms. The monoisotopic (exact) mass is 341 g/mol. The summed E-state index contributed by atoms with van der Waals surface area (Å²) >= 11 is 0. The molecule has 0 unspecified atom stereocenters. The van der Waals surface area contributed by atoms with Crippen LogP contribution in [0.4, 0.5) is 10.1 Å². The van der Waals surface area contributed by atoms with E-state index in [1.807, 2.05) is 0 Å². The van der Waals surface area contributed by atoms with Crippen LogP contribution in [0.3, 0.4) is 0 Å². The number of imide groups is 1. The van der Waals surface area contributed by atoms with Crippen LogP contribution in [0, 0.1) is 5.82 Å². The third-order valence-electron chi connectivity index (χ3n) is 3.62. The number of hydrogen-bond acceptors (Lipinski definition) is 4. The number of anilines is 1. The number of amides is 2. The van der Waals surface area contributed by atoms with Gasteiger partial charge in [0.15, 0.2) is 0 Å². The van der Waals surface area contributed by atoms with Crippen LogP contribution in [-0.4, -0.2) is 23.4 Å². The molecule has 0 saturated carbocycles. The number of benzene rings is 2. The largest absolute Gasteiger partial charge is 0.456 e. The number of halogens is 1. The molecule has 2 aromatic carbocycles. The van der Waals surface area contributed by atoms with Crippen LogP contribution in [0.1, 0.15) is 51.8 Å². The van der Waals surface area contributed by atoms with Crippen molar-refractivity contribution < 1.29 is 23.5 Å². The predicted octanol–water partition coefficient (Wildman–Crippen LogP) is 3.58. The van der Waals surface area contributed by atoms with Gasteiger partial charge in [-0.15, -0.1) is 0 Å². The lowest BCUT2D eigenvalue weighted by Crippen LogP contribution is -2.30. The lowest BCUT2D eigenvalue weighted by Gasteiger charge is -2.20. The van der Waals surface area contributed by atoms with Gasteiger partial charge in [0.1, 0.15) is 11.4 Å². The second kappa shape index (κ2) is 5.81. The van der Waals surface area contributed by atoms with Crippen LogP contribution < -0.4 is 4.90 Å². The molecule has 0 aliphatic carbocycles. The standard InChI is InChI=1S/C19H16FNO4/c1-19(2,3)25-18(24)14-10-11(8-9-15(14)20)21-16(22)12-6-4-5-7-13(12)17(21)23/h4-10H,1-3H3. The zero-order valence-electron chi connectivity index (χ0n) is 14.0. The van der Waals surface area contributed by atoms with E-state index in [1.165, 1.54) is 6.07 Å². The lowest BCUT2D eigenvalue weighted by molar-refractivity contribution is 0.00644. The van der Waals surface area contributed by atoms with Gasteiger partial charge in [0, 0.05) is 0 Å². The second-order valence-electron chi connectivity index (χ2n) is 6.66. The van der Waals surface area contributed by atoms with Gasteiger partial charge in [-0.05, 0) is 51.1 Å². The van der Waals surface area contributed by atoms with Crippen molar-refractivity contribution in [1.29, 1.82) is 0 Å². The summed E-state index contributed by atoms with van der Waals surface area (Å²) in [6.07, 6.45) is 0. The van der Waals surface area contributed by atoms with Gasteiger partial charge in [-0.3, -0.25) is 9.59 Å². The Morgan fingerprint density at radius 2 is 1.56 bits per heavy atom. The second-order valence-corrected chi connectivity index (χ2v) is 6.66. The number of rotatable bonds is 2. The molecule has 128 valence electrons. The van der Waals surface area contributed by atoms with Gasteiger partial charge < -0.3 is 4.74 Å². The Balaban J connectivity index is 2.00. The normalized spacial score (nSPS) is 13.8. The van der Waals surface area contributed by atoms with Gasteiger partial charge in [0.05, 0.1) is 22.4 Å². The van der Waals surface area contributed by atoms with Crippen molar-refractivity contribution >= 4 is 23.5 Å². The maximum Gasteiger partial charge on any atom is 0.341 e. The quantitative estimate of drug-likeness (QED) is 0.619. The van der Waals surface area contributed by atoms with Crippen molar-refractivity contribution in [3.8, 4) is 0 Å². The minimum atomic E-state index is -0.858. The number of carbonyl (C=O) groups excluding carboxylic acids is 3. The maximum atomic E-state index is 14.1. The Hall–Kier alpha value is -3.02. The van der Waals surface area contributed by atoms with Gasteiger partial charge in [0.25, 0.3) is 11.8 Å². The first-order valence-corrected chi connectivity index (χ1v) is 7.70. The van der Waals surface area contributed by atoms with Crippen LogP contribution in [-0.2, 0) is 4.74 Å². The van der Waals surface area contributed by atoms with Crippen molar-refractivity contribution in [3.05, 3.63) is 65.0 Å². The molecule has 0 bridgehead atoms. The summed E-state index contributed by atoms with van der Waals surface area (Å²) in [7, 11) is 0. The van der Waals surface area contributed by atoms with E-state index in [1.54, 1.807) is 45.0 Å². The molecule has 0 spiro atoms. The highest BCUT2D eigenvalue weighted by Crippen LogP contribution is 2.30. The molecule has 5 nitrogen and oxygen atoms in total. The molecule has 0 fully saturated rings. The smallest absolute Gasteiger partial charge is 0.341 e. The molecule has 25 heavy (non-hydrogen) atoms. The fourth-order valence-corrected chi connectivity index (χ4v) is 2.57. The van der Waals surface area contributed by atoms with Crippen LogP contribution in [0.15, 0.2) is 42.5 Å². The minimum Gasteiger partial charge on any atom is -0.456 e. The molecule has 0 atom stereocenters. The summed E-state index contributed by atoms with van der Waals surface area (Å²) in [5.41, 5.74) is -0.460. The van der Waals surface area contributed by atoms with Crippen molar-refractivity contribution in [1.82, 2.24) is 0 Å². The molecule has 0 saturated heterocycles. The molecule has 2 aromatic rings. The number of nitrogens with zero attached hydrogens (tertiary/aromatic N) is 1.